The molecule has 0 amide bonds. The average molecular weight is 501 g/mol. The van der Waals surface area contributed by atoms with Crippen LogP contribution in [-0.4, -0.2) is 47.7 Å². The highest BCUT2D eigenvalue weighted by atomic mass is 16.5. The van der Waals surface area contributed by atoms with Gasteiger partial charge >= 0.3 is 0 Å². The Labute approximate surface area is 221 Å². The minimum Gasteiger partial charge on any atom is -0.375 e. The zero-order chi connectivity index (χ0) is 26.5. The molecular weight excluding hydrogens is 460 g/mol. The first-order chi connectivity index (χ1) is 17.9. The van der Waals surface area contributed by atoms with Crippen molar-refractivity contribution in [2.24, 2.45) is 21.8 Å². The fourth-order valence-electron chi connectivity index (χ4n) is 3.77. The van der Waals surface area contributed by atoms with Gasteiger partial charge in [-0.3, -0.25) is 20.0 Å². The molecule has 3 rings (SSSR count). The molecule has 0 aliphatic carbocycles. The molecule has 0 saturated carbocycles. The van der Waals surface area contributed by atoms with E-state index in [1.165, 1.54) is 5.56 Å². The molecule has 2 heterocycles. The molecule has 0 bridgehead atoms. The lowest BCUT2D eigenvalue weighted by atomic mass is 10.1. The van der Waals surface area contributed by atoms with Crippen LogP contribution in [-0.2, 0) is 22.7 Å². The fraction of sp³-hybridized carbons (Fsp3) is 0.419. The summed E-state index contributed by atoms with van der Waals surface area (Å²) in [4.78, 5) is 18.1. The number of aromatic nitrogens is 2. The zero-order valence-corrected chi connectivity index (χ0v) is 22.7. The Morgan fingerprint density at radius 1 is 0.703 bits per heavy atom. The quantitative estimate of drug-likeness (QED) is 0.251. The van der Waals surface area contributed by atoms with E-state index in [0.717, 1.165) is 22.5 Å². The molecule has 0 spiro atoms. The maximum atomic E-state index is 6.09. The van der Waals surface area contributed by atoms with Crippen molar-refractivity contribution in [1.29, 1.82) is 0 Å². The molecule has 37 heavy (non-hydrogen) atoms. The van der Waals surface area contributed by atoms with Crippen LogP contribution in [0.1, 0.15) is 55.8 Å². The fourth-order valence-corrected chi connectivity index (χ4v) is 3.77. The van der Waals surface area contributed by atoms with Crippen molar-refractivity contribution in [2.75, 3.05) is 13.2 Å². The Kier molecular flexibility index (Phi) is 11.6. The molecule has 0 radical (unpaired) electrons. The van der Waals surface area contributed by atoms with Crippen LogP contribution in [0.15, 0.2) is 77.0 Å². The van der Waals surface area contributed by atoms with E-state index in [1.807, 2.05) is 48.8 Å². The van der Waals surface area contributed by atoms with Gasteiger partial charge in [0.2, 0.25) is 0 Å². The number of benzene rings is 1. The highest BCUT2D eigenvalue weighted by Crippen LogP contribution is 2.15. The Hall–Kier alpha value is -3.22. The number of ether oxygens (including phenoxy) is 2. The summed E-state index contributed by atoms with van der Waals surface area (Å²) in [5, 5.41) is 0. The lowest BCUT2D eigenvalue weighted by molar-refractivity contribution is 0.0946. The monoisotopic (exact) mass is 500 g/mol. The molecule has 1 aromatic carbocycles. The Balaban J connectivity index is 1.51. The third kappa shape index (κ3) is 10.3. The summed E-state index contributed by atoms with van der Waals surface area (Å²) in [5.74, 6) is 0.742. The Morgan fingerprint density at radius 3 is 1.54 bits per heavy atom. The number of hydrogen-bond donors (Lipinski definition) is 0. The summed E-state index contributed by atoms with van der Waals surface area (Å²) >= 11 is 0. The number of aliphatic imine (C=N–C) groups is 2. The van der Waals surface area contributed by atoms with E-state index in [-0.39, 0.29) is 12.1 Å². The number of aryl methyl sites for hydroxylation is 1. The van der Waals surface area contributed by atoms with E-state index in [9.17, 15) is 0 Å². The summed E-state index contributed by atoms with van der Waals surface area (Å²) in [7, 11) is 0. The molecule has 0 N–H and O–H groups in total. The van der Waals surface area contributed by atoms with E-state index in [2.05, 4.69) is 62.8 Å². The van der Waals surface area contributed by atoms with E-state index >= 15 is 0 Å². The molecule has 2 atom stereocenters. The molecule has 6 heteroatoms. The molecule has 0 saturated heterocycles. The maximum absolute atomic E-state index is 6.09. The first kappa shape index (κ1) is 28.4. The normalized spacial score (nSPS) is 13.7. The lowest BCUT2D eigenvalue weighted by Crippen LogP contribution is -2.21. The molecular formula is C31H40N4O2. The number of pyridine rings is 2. The van der Waals surface area contributed by atoms with Gasteiger partial charge in [0.1, 0.15) is 0 Å². The Bertz CT molecular complexity index is 1030. The van der Waals surface area contributed by atoms with Crippen molar-refractivity contribution in [3.05, 3.63) is 95.1 Å². The number of rotatable bonds is 14. The van der Waals surface area contributed by atoms with E-state index in [4.69, 9.17) is 19.5 Å². The minimum absolute atomic E-state index is 0.0780. The van der Waals surface area contributed by atoms with Crippen molar-refractivity contribution in [1.82, 2.24) is 9.97 Å². The van der Waals surface area contributed by atoms with Crippen molar-refractivity contribution in [3.63, 3.8) is 0 Å². The molecule has 0 unspecified atom stereocenters. The van der Waals surface area contributed by atoms with Gasteiger partial charge in [-0.05, 0) is 54.2 Å². The Morgan fingerprint density at radius 2 is 1.16 bits per heavy atom. The first-order valence-corrected chi connectivity index (χ1v) is 13.0. The van der Waals surface area contributed by atoms with Gasteiger partial charge in [-0.15, -0.1) is 0 Å². The highest BCUT2D eigenvalue weighted by molar-refractivity contribution is 5.77. The second-order valence-electron chi connectivity index (χ2n) is 10.0. The molecule has 3 aromatic rings. The number of hydrogen-bond acceptors (Lipinski definition) is 6. The van der Waals surface area contributed by atoms with Crippen LogP contribution in [0.2, 0.25) is 0 Å². The lowest BCUT2D eigenvalue weighted by Gasteiger charge is -2.18. The third-order valence-corrected chi connectivity index (χ3v) is 6.02. The van der Waals surface area contributed by atoms with E-state index < -0.39 is 0 Å². The average Bonchev–Trinajstić information content (AvgIpc) is 2.88. The van der Waals surface area contributed by atoms with Crippen molar-refractivity contribution >= 4 is 12.4 Å². The van der Waals surface area contributed by atoms with Gasteiger partial charge in [-0.1, -0.05) is 63.6 Å². The van der Waals surface area contributed by atoms with Crippen LogP contribution < -0.4 is 0 Å². The maximum Gasteiger partial charge on any atom is 0.0807 e. The molecule has 196 valence electrons. The SMILES string of the molecule is Cc1cc(COC[C@@H](N=Cc2ccccn2)C(C)C)cc(COC[C@@H](N=Cc2ccccn2)C(C)C)c1. The van der Waals surface area contributed by atoms with E-state index in [1.54, 1.807) is 12.4 Å². The van der Waals surface area contributed by atoms with Gasteiger partial charge < -0.3 is 9.47 Å². The second kappa shape index (κ2) is 15.1. The van der Waals surface area contributed by atoms with Gasteiger partial charge in [0.15, 0.2) is 0 Å². The molecule has 6 nitrogen and oxygen atoms in total. The summed E-state index contributed by atoms with van der Waals surface area (Å²) < 4.78 is 12.2. The van der Waals surface area contributed by atoms with Gasteiger partial charge in [0, 0.05) is 24.8 Å². The largest absolute Gasteiger partial charge is 0.375 e. The van der Waals surface area contributed by atoms with Crippen LogP contribution in [0, 0.1) is 18.8 Å². The van der Waals surface area contributed by atoms with Crippen molar-refractivity contribution in [3.8, 4) is 0 Å². The second-order valence-corrected chi connectivity index (χ2v) is 10.0. The molecule has 2 aromatic heterocycles. The summed E-state index contributed by atoms with van der Waals surface area (Å²) in [5.41, 5.74) is 5.20. The van der Waals surface area contributed by atoms with Crippen LogP contribution in [0.4, 0.5) is 0 Å². The highest BCUT2D eigenvalue weighted by Gasteiger charge is 2.13. The minimum atomic E-state index is 0.0780. The summed E-state index contributed by atoms with van der Waals surface area (Å²) in [6.07, 6.45) is 7.22. The van der Waals surface area contributed by atoms with Crippen molar-refractivity contribution < 1.29 is 9.47 Å². The van der Waals surface area contributed by atoms with Crippen molar-refractivity contribution in [2.45, 2.75) is 59.9 Å². The first-order valence-electron chi connectivity index (χ1n) is 13.0. The predicted molar refractivity (Wildman–Crippen MR) is 151 cm³/mol. The van der Waals surface area contributed by atoms with Gasteiger partial charge in [-0.2, -0.15) is 0 Å². The molecule has 0 fully saturated rings. The molecule has 0 aliphatic heterocycles. The summed E-state index contributed by atoms with van der Waals surface area (Å²) in [6, 6.07) is 18.3. The van der Waals surface area contributed by atoms with Gasteiger partial charge in [0.05, 0.1) is 49.9 Å². The van der Waals surface area contributed by atoms with Gasteiger partial charge in [0.25, 0.3) is 0 Å². The smallest absolute Gasteiger partial charge is 0.0807 e. The van der Waals surface area contributed by atoms with Crippen LogP contribution in [0.5, 0.6) is 0 Å². The van der Waals surface area contributed by atoms with Crippen LogP contribution in [0.3, 0.4) is 0 Å². The van der Waals surface area contributed by atoms with Crippen LogP contribution >= 0.6 is 0 Å². The van der Waals surface area contributed by atoms with E-state index in [0.29, 0.717) is 38.3 Å². The predicted octanol–water partition coefficient (Wildman–Crippen LogP) is 6.11. The third-order valence-electron chi connectivity index (χ3n) is 6.02. The topological polar surface area (TPSA) is 69.0 Å². The van der Waals surface area contributed by atoms with Crippen LogP contribution in [0.25, 0.3) is 0 Å². The van der Waals surface area contributed by atoms with Gasteiger partial charge in [-0.25, -0.2) is 0 Å². The zero-order valence-electron chi connectivity index (χ0n) is 22.7. The number of nitrogens with zero attached hydrogens (tertiary/aromatic N) is 4. The summed E-state index contributed by atoms with van der Waals surface area (Å²) in [6.45, 7) is 13.0. The standard InChI is InChI=1S/C31H40N4O2/c1-23(2)30(34-17-28-10-6-8-12-32-28)21-36-19-26-14-25(5)15-27(16-26)20-37-22-31(24(3)4)35-18-29-11-7-9-13-33-29/h6-18,23-24,30-31H,19-22H2,1-5H3/t30-,31-/m1/s1. The molecule has 0 aliphatic rings.